The van der Waals surface area contributed by atoms with Gasteiger partial charge in [0.05, 0.1) is 16.7 Å². The lowest BCUT2D eigenvalue weighted by Gasteiger charge is -2.16. The second-order valence-electron chi connectivity index (χ2n) is 18.3. The van der Waals surface area contributed by atoms with Crippen molar-refractivity contribution in [2.24, 2.45) is 0 Å². The van der Waals surface area contributed by atoms with Crippen molar-refractivity contribution in [1.29, 1.82) is 0 Å². The van der Waals surface area contributed by atoms with Crippen LogP contribution in [0.25, 0.3) is 154 Å². The molecule has 5 heterocycles. The fraction of sp³-hybridized carbons (Fsp3) is 0. The fourth-order valence-electron chi connectivity index (χ4n) is 11.2. The zero-order chi connectivity index (χ0) is 45.6. The van der Waals surface area contributed by atoms with Gasteiger partial charge in [0.2, 0.25) is 0 Å². The Kier molecular flexibility index (Phi) is 8.05. The molecule has 0 N–H and O–H groups in total. The van der Waals surface area contributed by atoms with Gasteiger partial charge in [0.25, 0.3) is 0 Å². The number of thiophene rings is 3. The van der Waals surface area contributed by atoms with Gasteiger partial charge in [-0.2, -0.15) is 0 Å². The molecule has 0 aliphatic carbocycles. The van der Waals surface area contributed by atoms with Crippen LogP contribution >= 0.6 is 34.0 Å². The second kappa shape index (κ2) is 14.6. The van der Waals surface area contributed by atoms with E-state index in [1.54, 1.807) is 0 Å². The first-order valence-electron chi connectivity index (χ1n) is 23.5. The summed E-state index contributed by atoms with van der Waals surface area (Å²) >= 11 is 5.47. The van der Waals surface area contributed by atoms with E-state index in [2.05, 4.69) is 211 Å². The van der Waals surface area contributed by atoms with Crippen molar-refractivity contribution in [3.63, 3.8) is 0 Å². The van der Waals surface area contributed by atoms with Crippen molar-refractivity contribution in [2.45, 2.75) is 0 Å². The van der Waals surface area contributed by atoms with Gasteiger partial charge in [0.15, 0.2) is 17.5 Å². The van der Waals surface area contributed by atoms with Gasteiger partial charge in [-0.25, -0.2) is 15.0 Å². The summed E-state index contributed by atoms with van der Waals surface area (Å²) in [6, 6.07) is 75.6. The van der Waals surface area contributed by atoms with E-state index in [0.29, 0.717) is 17.5 Å². The highest BCUT2D eigenvalue weighted by molar-refractivity contribution is 7.26. The van der Waals surface area contributed by atoms with Gasteiger partial charge in [-0.15, -0.1) is 34.0 Å². The molecule has 70 heavy (non-hydrogen) atoms. The summed E-state index contributed by atoms with van der Waals surface area (Å²) in [5.74, 6) is 1.90. The van der Waals surface area contributed by atoms with Crippen molar-refractivity contribution >= 4 is 149 Å². The Morgan fingerprint density at radius 1 is 0.286 bits per heavy atom. The summed E-state index contributed by atoms with van der Waals surface area (Å²) < 4.78 is 9.94. The van der Waals surface area contributed by atoms with Gasteiger partial charge < -0.3 is 4.57 Å². The SMILES string of the molecule is c1ccc2cc3c(cc2c1)c1c2ccccc2ccc1n3-c1cc2c(cc1-c1nc(-c3ccc4sc5ccccc5c4c3)nc(-c3ccc4sc5ccccc5c4c3)n1)sc1ccc3ccccc3c12. The fourth-order valence-corrected chi connectivity index (χ4v) is 14.5. The molecule has 16 aromatic rings. The molecular formula is C63H34N4S3. The highest BCUT2D eigenvalue weighted by Gasteiger charge is 2.24. The van der Waals surface area contributed by atoms with E-state index in [1.165, 1.54) is 104 Å². The van der Waals surface area contributed by atoms with Crippen molar-refractivity contribution < 1.29 is 0 Å². The predicted octanol–water partition coefficient (Wildman–Crippen LogP) is 18.5. The first kappa shape index (κ1) is 38.6. The molecule has 4 nitrogen and oxygen atoms in total. The summed E-state index contributed by atoms with van der Waals surface area (Å²) in [4.78, 5) is 16.6. The monoisotopic (exact) mass is 942 g/mol. The quantitative estimate of drug-likeness (QED) is 0.177. The van der Waals surface area contributed by atoms with Crippen LogP contribution in [-0.4, -0.2) is 19.5 Å². The van der Waals surface area contributed by atoms with Gasteiger partial charge >= 0.3 is 0 Å². The molecule has 16 rings (SSSR count). The minimum atomic E-state index is 0.626. The Bertz CT molecular complexity index is 4780. The third-order valence-corrected chi connectivity index (χ3v) is 17.8. The van der Waals surface area contributed by atoms with Crippen LogP contribution < -0.4 is 0 Å². The van der Waals surface area contributed by atoms with Crippen molar-refractivity contribution in [3.05, 3.63) is 206 Å². The Hall–Kier alpha value is -8.33. The van der Waals surface area contributed by atoms with Crippen LogP contribution in [0.4, 0.5) is 0 Å². The predicted molar refractivity (Wildman–Crippen MR) is 302 cm³/mol. The normalized spacial score (nSPS) is 12.3. The molecule has 0 spiro atoms. The molecule has 0 saturated heterocycles. The number of hydrogen-bond donors (Lipinski definition) is 0. The highest BCUT2D eigenvalue weighted by Crippen LogP contribution is 2.47. The number of rotatable bonds is 4. The topological polar surface area (TPSA) is 43.6 Å². The zero-order valence-corrected chi connectivity index (χ0v) is 39.6. The third-order valence-electron chi connectivity index (χ3n) is 14.4. The standard InChI is InChI=1S/C63H34N4S3/c1-2-14-38-32-51-47(29-37(38)13-1)59-41-15-5-3-11-35(41)21-25-50(59)67(51)52-33-49-58(70-57-28-22-36-12-4-6-16-42(36)60(49)57)34-48(52)63-65-61(39-23-26-55-45(30-39)43-17-7-9-19-53(43)68-55)64-62(66-63)40-24-27-56-46(31-40)44-18-8-10-20-54(44)69-56/h1-34H. The number of benzene rings is 11. The molecular weight excluding hydrogens is 909 g/mol. The largest absolute Gasteiger partial charge is 0.308 e. The lowest BCUT2D eigenvalue weighted by Crippen LogP contribution is -2.04. The van der Waals surface area contributed by atoms with Gasteiger partial charge in [0, 0.05) is 88.0 Å². The molecule has 5 aromatic heterocycles. The van der Waals surface area contributed by atoms with Crippen molar-refractivity contribution in [2.75, 3.05) is 0 Å². The van der Waals surface area contributed by atoms with E-state index in [0.717, 1.165) is 33.4 Å². The molecule has 0 amide bonds. The smallest absolute Gasteiger partial charge is 0.166 e. The van der Waals surface area contributed by atoms with E-state index >= 15 is 0 Å². The van der Waals surface area contributed by atoms with Crippen LogP contribution in [0.5, 0.6) is 0 Å². The maximum atomic E-state index is 5.59. The van der Waals surface area contributed by atoms with E-state index < -0.39 is 0 Å². The van der Waals surface area contributed by atoms with E-state index in [9.17, 15) is 0 Å². The van der Waals surface area contributed by atoms with Crippen LogP contribution in [0.1, 0.15) is 0 Å². The number of hydrogen-bond acceptors (Lipinski definition) is 6. The molecule has 0 fully saturated rings. The molecule has 0 aliphatic rings. The molecule has 11 aromatic carbocycles. The zero-order valence-electron chi connectivity index (χ0n) is 37.1. The Balaban J connectivity index is 1.05. The summed E-state index contributed by atoms with van der Waals surface area (Å²) in [6.07, 6.45) is 0. The van der Waals surface area contributed by atoms with Gasteiger partial charge in [-0.3, -0.25) is 0 Å². The lowest BCUT2D eigenvalue weighted by atomic mass is 10.0. The van der Waals surface area contributed by atoms with Crippen LogP contribution in [0, 0.1) is 0 Å². The lowest BCUT2D eigenvalue weighted by molar-refractivity contribution is 1.07. The maximum absolute atomic E-state index is 5.59. The van der Waals surface area contributed by atoms with Crippen LogP contribution in [0.3, 0.4) is 0 Å². The Labute approximate surface area is 411 Å². The molecule has 0 saturated carbocycles. The number of fused-ring (bicyclic) bond motifs is 17. The molecule has 0 unspecified atom stereocenters. The first-order chi connectivity index (χ1) is 34.6. The minimum Gasteiger partial charge on any atom is -0.308 e. The molecule has 324 valence electrons. The minimum absolute atomic E-state index is 0.626. The average Bonchev–Trinajstić information content (AvgIpc) is 4.18. The Morgan fingerprint density at radius 3 is 1.44 bits per heavy atom. The van der Waals surface area contributed by atoms with E-state index in [1.807, 2.05) is 34.0 Å². The van der Waals surface area contributed by atoms with Gasteiger partial charge in [0.1, 0.15) is 0 Å². The van der Waals surface area contributed by atoms with Crippen LogP contribution in [-0.2, 0) is 0 Å². The number of aromatic nitrogens is 4. The second-order valence-corrected chi connectivity index (χ2v) is 21.5. The molecule has 7 heteroatoms. The van der Waals surface area contributed by atoms with Crippen LogP contribution in [0.15, 0.2) is 206 Å². The van der Waals surface area contributed by atoms with Gasteiger partial charge in [-0.1, -0.05) is 121 Å². The highest BCUT2D eigenvalue weighted by atomic mass is 32.1. The Morgan fingerprint density at radius 2 is 0.786 bits per heavy atom. The molecule has 0 atom stereocenters. The van der Waals surface area contributed by atoms with Crippen LogP contribution in [0.2, 0.25) is 0 Å². The molecule has 0 radical (unpaired) electrons. The van der Waals surface area contributed by atoms with E-state index in [4.69, 9.17) is 15.0 Å². The average molecular weight is 943 g/mol. The summed E-state index contributed by atoms with van der Waals surface area (Å²) in [5.41, 5.74) is 6.13. The molecule has 0 bridgehead atoms. The van der Waals surface area contributed by atoms with Gasteiger partial charge in [-0.05, 0) is 117 Å². The number of nitrogens with zero attached hydrogens (tertiary/aromatic N) is 4. The van der Waals surface area contributed by atoms with E-state index in [-0.39, 0.29) is 0 Å². The van der Waals surface area contributed by atoms with Crippen molar-refractivity contribution in [1.82, 2.24) is 19.5 Å². The third kappa shape index (κ3) is 5.65. The maximum Gasteiger partial charge on any atom is 0.166 e. The summed E-state index contributed by atoms with van der Waals surface area (Å²) in [5, 5.41) is 17.1. The summed E-state index contributed by atoms with van der Waals surface area (Å²) in [7, 11) is 0. The first-order valence-corrected chi connectivity index (χ1v) is 25.9. The van der Waals surface area contributed by atoms with Crippen molar-refractivity contribution in [3.8, 4) is 39.9 Å². The molecule has 0 aliphatic heterocycles. The summed E-state index contributed by atoms with van der Waals surface area (Å²) in [6.45, 7) is 0.